The van der Waals surface area contributed by atoms with Crippen LogP contribution in [-0.2, 0) is 6.18 Å². The molecule has 116 valence electrons. The maximum absolute atomic E-state index is 12.9. The fraction of sp³-hybridized carbons (Fsp3) is 0.500. The molecule has 2 atom stereocenters. The molecule has 0 heterocycles. The molecule has 3 N–H and O–H groups in total. The molecule has 1 aliphatic rings. The van der Waals surface area contributed by atoms with Crippen molar-refractivity contribution in [3.8, 4) is 0 Å². The molecule has 2 unspecified atom stereocenters. The van der Waals surface area contributed by atoms with Crippen LogP contribution in [0.4, 0.5) is 18.9 Å². The third-order valence-corrected chi connectivity index (χ3v) is 3.80. The fourth-order valence-corrected chi connectivity index (χ4v) is 2.71. The molecule has 1 saturated carbocycles. The number of aromatic carboxylic acids is 1. The van der Waals surface area contributed by atoms with E-state index in [0.29, 0.717) is 0 Å². The highest BCUT2D eigenvalue weighted by molar-refractivity contribution is 5.90. The van der Waals surface area contributed by atoms with Crippen LogP contribution in [0.15, 0.2) is 18.2 Å². The van der Waals surface area contributed by atoms with Gasteiger partial charge in [-0.3, -0.25) is 0 Å². The van der Waals surface area contributed by atoms with E-state index in [1.54, 1.807) is 0 Å². The first-order valence-electron chi connectivity index (χ1n) is 6.65. The van der Waals surface area contributed by atoms with E-state index in [9.17, 15) is 23.1 Å². The normalized spacial score (nSPS) is 22.3. The third-order valence-electron chi connectivity index (χ3n) is 3.80. The van der Waals surface area contributed by atoms with Crippen molar-refractivity contribution in [1.82, 2.24) is 0 Å². The van der Waals surface area contributed by atoms with Crippen molar-refractivity contribution < 1.29 is 28.2 Å². The standard InChI is InChI=1S/C14H16F3NO3/c15-14(16,17)11-6-9(4-5-10(11)13(20)21)18-12-3-1-2-8(12)7-19/h4-6,8,12,18-19H,1-3,7H2,(H,20,21). The zero-order valence-corrected chi connectivity index (χ0v) is 11.2. The van der Waals surface area contributed by atoms with Gasteiger partial charge in [-0.1, -0.05) is 6.42 Å². The predicted octanol–water partition coefficient (Wildman–Crippen LogP) is 2.98. The Bertz CT molecular complexity index is 531. The topological polar surface area (TPSA) is 69.6 Å². The molecule has 2 rings (SSSR count). The van der Waals surface area contributed by atoms with Gasteiger partial charge in [0.25, 0.3) is 0 Å². The summed E-state index contributed by atoms with van der Waals surface area (Å²) in [7, 11) is 0. The molecule has 0 saturated heterocycles. The van der Waals surface area contributed by atoms with Gasteiger partial charge in [0.2, 0.25) is 0 Å². The lowest BCUT2D eigenvalue weighted by atomic mass is 10.0. The summed E-state index contributed by atoms with van der Waals surface area (Å²) < 4.78 is 38.7. The largest absolute Gasteiger partial charge is 0.478 e. The molecule has 0 aliphatic heterocycles. The number of alkyl halides is 3. The second-order valence-corrected chi connectivity index (χ2v) is 5.19. The minimum atomic E-state index is -4.72. The van der Waals surface area contributed by atoms with Crippen molar-refractivity contribution >= 4 is 11.7 Å². The van der Waals surface area contributed by atoms with E-state index in [2.05, 4.69) is 5.32 Å². The number of hydrogen-bond acceptors (Lipinski definition) is 3. The van der Waals surface area contributed by atoms with Gasteiger partial charge in [-0.15, -0.1) is 0 Å². The van der Waals surface area contributed by atoms with Gasteiger partial charge in [0, 0.05) is 24.3 Å². The molecule has 0 aromatic heterocycles. The number of hydrogen-bond donors (Lipinski definition) is 3. The Kier molecular flexibility index (Phi) is 4.41. The number of carboxylic acid groups (broad SMARTS) is 1. The van der Waals surface area contributed by atoms with Crippen LogP contribution >= 0.6 is 0 Å². The summed E-state index contributed by atoms with van der Waals surface area (Å²) in [5, 5.41) is 21.0. The predicted molar refractivity (Wildman–Crippen MR) is 70.2 cm³/mol. The quantitative estimate of drug-likeness (QED) is 0.800. The van der Waals surface area contributed by atoms with Crippen LogP contribution in [0.1, 0.15) is 35.2 Å². The second kappa shape index (κ2) is 5.93. The number of anilines is 1. The summed E-state index contributed by atoms with van der Waals surface area (Å²) in [6.45, 7) is -0.0169. The smallest absolute Gasteiger partial charge is 0.417 e. The first-order chi connectivity index (χ1) is 9.82. The molecule has 1 aromatic carbocycles. The van der Waals surface area contributed by atoms with Crippen LogP contribution in [0, 0.1) is 5.92 Å². The second-order valence-electron chi connectivity index (χ2n) is 5.19. The van der Waals surface area contributed by atoms with Gasteiger partial charge < -0.3 is 15.5 Å². The molecule has 1 aliphatic carbocycles. The summed E-state index contributed by atoms with van der Waals surface area (Å²) in [6.07, 6.45) is -2.22. The zero-order chi connectivity index (χ0) is 15.6. The molecule has 21 heavy (non-hydrogen) atoms. The maximum atomic E-state index is 12.9. The van der Waals surface area contributed by atoms with E-state index in [1.165, 1.54) is 6.07 Å². The number of carbonyl (C=O) groups is 1. The van der Waals surface area contributed by atoms with Crippen molar-refractivity contribution in [2.24, 2.45) is 5.92 Å². The molecule has 0 spiro atoms. The Morgan fingerprint density at radius 1 is 1.33 bits per heavy atom. The number of aliphatic hydroxyl groups excluding tert-OH is 1. The first kappa shape index (κ1) is 15.6. The Morgan fingerprint density at radius 3 is 2.62 bits per heavy atom. The summed E-state index contributed by atoms with van der Waals surface area (Å²) in [6, 6.07) is 3.00. The van der Waals surface area contributed by atoms with E-state index in [0.717, 1.165) is 31.4 Å². The minimum Gasteiger partial charge on any atom is -0.478 e. The van der Waals surface area contributed by atoms with Gasteiger partial charge in [0.05, 0.1) is 11.1 Å². The molecule has 0 radical (unpaired) electrons. The first-order valence-corrected chi connectivity index (χ1v) is 6.65. The van der Waals surface area contributed by atoms with Crippen LogP contribution in [-0.4, -0.2) is 28.8 Å². The van der Waals surface area contributed by atoms with Gasteiger partial charge in [-0.05, 0) is 31.0 Å². The maximum Gasteiger partial charge on any atom is 0.417 e. The fourth-order valence-electron chi connectivity index (χ4n) is 2.71. The lowest BCUT2D eigenvalue weighted by molar-refractivity contribution is -0.138. The van der Waals surface area contributed by atoms with Crippen LogP contribution in [0.2, 0.25) is 0 Å². The van der Waals surface area contributed by atoms with E-state index >= 15 is 0 Å². The lowest BCUT2D eigenvalue weighted by Gasteiger charge is -2.21. The van der Waals surface area contributed by atoms with Crippen molar-refractivity contribution in [3.05, 3.63) is 29.3 Å². The number of rotatable bonds is 4. The summed E-state index contributed by atoms with van der Waals surface area (Å²) >= 11 is 0. The van der Waals surface area contributed by atoms with Gasteiger partial charge in [0.15, 0.2) is 0 Å². The van der Waals surface area contributed by atoms with Gasteiger partial charge >= 0.3 is 12.1 Å². The summed E-state index contributed by atoms with van der Waals surface area (Å²) in [5.74, 6) is -1.60. The van der Waals surface area contributed by atoms with Crippen molar-refractivity contribution in [2.45, 2.75) is 31.5 Å². The molecular formula is C14H16F3NO3. The Morgan fingerprint density at radius 2 is 2.05 bits per heavy atom. The minimum absolute atomic E-state index is 0.0125. The van der Waals surface area contributed by atoms with Crippen molar-refractivity contribution in [1.29, 1.82) is 0 Å². The molecule has 0 amide bonds. The number of benzene rings is 1. The van der Waals surface area contributed by atoms with E-state index in [1.807, 2.05) is 0 Å². The van der Waals surface area contributed by atoms with Gasteiger partial charge in [-0.2, -0.15) is 13.2 Å². The highest BCUT2D eigenvalue weighted by atomic mass is 19.4. The number of carboxylic acids is 1. The lowest BCUT2D eigenvalue weighted by Crippen LogP contribution is -2.26. The molecule has 1 fully saturated rings. The Labute approximate surface area is 119 Å². The van der Waals surface area contributed by atoms with Crippen molar-refractivity contribution in [3.63, 3.8) is 0 Å². The molecule has 4 nitrogen and oxygen atoms in total. The Balaban J connectivity index is 2.27. The molecular weight excluding hydrogens is 287 g/mol. The van der Waals surface area contributed by atoms with Crippen molar-refractivity contribution in [2.75, 3.05) is 11.9 Å². The number of aliphatic hydroxyl groups is 1. The van der Waals surface area contributed by atoms with Gasteiger partial charge in [-0.25, -0.2) is 4.79 Å². The van der Waals surface area contributed by atoms with Crippen LogP contribution in [0.25, 0.3) is 0 Å². The molecule has 0 bridgehead atoms. The molecule has 1 aromatic rings. The summed E-state index contributed by atoms with van der Waals surface area (Å²) in [4.78, 5) is 10.9. The highest BCUT2D eigenvalue weighted by Crippen LogP contribution is 2.35. The number of nitrogens with one attached hydrogen (secondary N) is 1. The summed E-state index contributed by atoms with van der Waals surface area (Å²) in [5.41, 5.74) is -1.71. The average molecular weight is 303 g/mol. The monoisotopic (exact) mass is 303 g/mol. The van der Waals surface area contributed by atoms with E-state index in [-0.39, 0.29) is 24.3 Å². The van der Waals surface area contributed by atoms with Gasteiger partial charge in [0.1, 0.15) is 0 Å². The Hall–Kier alpha value is -1.76. The number of halogens is 3. The third kappa shape index (κ3) is 3.47. The average Bonchev–Trinajstić information content (AvgIpc) is 2.84. The SMILES string of the molecule is O=C(O)c1ccc(NC2CCCC2CO)cc1C(F)(F)F. The van der Waals surface area contributed by atoms with Crippen LogP contribution in [0.3, 0.4) is 0 Å². The van der Waals surface area contributed by atoms with E-state index < -0.39 is 23.3 Å². The molecule has 7 heteroatoms. The van der Waals surface area contributed by atoms with Crippen LogP contribution < -0.4 is 5.32 Å². The van der Waals surface area contributed by atoms with Crippen LogP contribution in [0.5, 0.6) is 0 Å². The zero-order valence-electron chi connectivity index (χ0n) is 11.2. The highest BCUT2D eigenvalue weighted by Gasteiger charge is 2.36. The van der Waals surface area contributed by atoms with E-state index in [4.69, 9.17) is 5.11 Å².